The van der Waals surface area contributed by atoms with Crippen LogP contribution in [0.3, 0.4) is 0 Å². The van der Waals surface area contributed by atoms with Gasteiger partial charge in [-0.15, -0.1) is 0 Å². The largest absolute Gasteiger partial charge is 0.304 e. The summed E-state index contributed by atoms with van der Waals surface area (Å²) in [6.45, 7) is 3.65. The van der Waals surface area contributed by atoms with Gasteiger partial charge in [-0.3, -0.25) is 9.79 Å². The third-order valence-corrected chi connectivity index (χ3v) is 1.49. The maximum Gasteiger partial charge on any atom is 0.227 e. The second-order valence-electron chi connectivity index (χ2n) is 2.08. The summed E-state index contributed by atoms with van der Waals surface area (Å²) in [6.07, 6.45) is 0.531. The molecule has 0 fully saturated rings. The third-order valence-electron chi connectivity index (χ3n) is 1.49. The van der Waals surface area contributed by atoms with Gasteiger partial charge in [0.05, 0.1) is 0 Å². The zero-order valence-corrected chi connectivity index (χ0v) is 7.01. The van der Waals surface area contributed by atoms with Crippen molar-refractivity contribution >= 4 is 11.7 Å². The van der Waals surface area contributed by atoms with E-state index in [2.05, 4.69) is 4.99 Å². The van der Waals surface area contributed by atoms with Gasteiger partial charge in [0, 0.05) is 20.5 Å². The number of amides is 1. The van der Waals surface area contributed by atoms with E-state index >= 15 is 0 Å². The lowest BCUT2D eigenvalue weighted by Crippen LogP contribution is -2.30. The molecule has 0 rings (SSSR count). The smallest absolute Gasteiger partial charge is 0.227 e. The molecule has 58 valence electrons. The Labute approximate surface area is 61.7 Å². The lowest BCUT2D eigenvalue weighted by molar-refractivity contribution is -0.126. The van der Waals surface area contributed by atoms with Crippen LogP contribution in [0.15, 0.2) is 4.99 Å². The molecule has 0 aliphatic rings. The van der Waals surface area contributed by atoms with E-state index in [-0.39, 0.29) is 5.91 Å². The van der Waals surface area contributed by atoms with E-state index in [0.29, 0.717) is 6.42 Å². The molecule has 0 bridgehead atoms. The van der Waals surface area contributed by atoms with Gasteiger partial charge in [-0.25, -0.2) is 0 Å². The monoisotopic (exact) mass is 142 g/mol. The molecule has 0 aromatic rings. The summed E-state index contributed by atoms with van der Waals surface area (Å²) in [7, 11) is 3.41. The third kappa shape index (κ3) is 2.17. The second-order valence-corrected chi connectivity index (χ2v) is 2.08. The second kappa shape index (κ2) is 4.04. The summed E-state index contributed by atoms with van der Waals surface area (Å²) in [6, 6.07) is 0. The maximum absolute atomic E-state index is 11.0. The van der Waals surface area contributed by atoms with Crippen LogP contribution in [0, 0.1) is 0 Å². The number of carbonyl (C=O) groups is 1. The number of rotatable bonds is 1. The van der Waals surface area contributed by atoms with Gasteiger partial charge in [0.2, 0.25) is 5.91 Å². The van der Waals surface area contributed by atoms with Crippen molar-refractivity contribution < 1.29 is 4.79 Å². The fourth-order valence-corrected chi connectivity index (χ4v) is 0.568. The van der Waals surface area contributed by atoms with Gasteiger partial charge in [0.25, 0.3) is 0 Å². The Balaban J connectivity index is 4.08. The van der Waals surface area contributed by atoms with Gasteiger partial charge in [0.15, 0.2) is 0 Å². The van der Waals surface area contributed by atoms with Crippen LogP contribution in [0.2, 0.25) is 0 Å². The summed E-state index contributed by atoms with van der Waals surface area (Å²) in [5.41, 5.74) is 0. The van der Waals surface area contributed by atoms with Crippen LogP contribution in [0.1, 0.15) is 20.3 Å². The van der Waals surface area contributed by atoms with Crippen LogP contribution in [-0.4, -0.2) is 30.7 Å². The predicted octanol–water partition coefficient (Wildman–Crippen LogP) is 0.903. The standard InChI is InChI=1S/C7H14N2O/c1-5-7(10)9(4)6(2)8-3/h5H2,1-4H3. The molecule has 0 unspecified atom stereocenters. The molecule has 0 aliphatic carbocycles. The van der Waals surface area contributed by atoms with Gasteiger partial charge in [-0.2, -0.15) is 0 Å². The Kier molecular flexibility index (Phi) is 3.69. The summed E-state index contributed by atoms with van der Waals surface area (Å²) < 4.78 is 0. The minimum absolute atomic E-state index is 0.100. The molecule has 0 saturated carbocycles. The van der Waals surface area contributed by atoms with Crippen molar-refractivity contribution in [3.63, 3.8) is 0 Å². The molecular weight excluding hydrogens is 128 g/mol. The van der Waals surface area contributed by atoms with E-state index in [0.717, 1.165) is 5.84 Å². The van der Waals surface area contributed by atoms with Crippen molar-refractivity contribution in [2.45, 2.75) is 20.3 Å². The van der Waals surface area contributed by atoms with Crippen molar-refractivity contribution in [2.75, 3.05) is 14.1 Å². The highest BCUT2D eigenvalue weighted by Gasteiger charge is 2.06. The van der Waals surface area contributed by atoms with E-state index in [1.54, 1.807) is 19.0 Å². The first kappa shape index (κ1) is 9.14. The Morgan fingerprint density at radius 3 is 2.40 bits per heavy atom. The zero-order valence-electron chi connectivity index (χ0n) is 7.01. The first-order valence-electron chi connectivity index (χ1n) is 3.33. The number of nitrogens with zero attached hydrogens (tertiary/aromatic N) is 2. The molecule has 3 heteroatoms. The fraction of sp³-hybridized carbons (Fsp3) is 0.714. The van der Waals surface area contributed by atoms with Crippen molar-refractivity contribution in [3.8, 4) is 0 Å². The van der Waals surface area contributed by atoms with Gasteiger partial charge < -0.3 is 4.90 Å². The number of hydrogen-bond acceptors (Lipinski definition) is 2. The molecule has 0 aromatic heterocycles. The first-order chi connectivity index (χ1) is 4.63. The van der Waals surface area contributed by atoms with Gasteiger partial charge in [-0.05, 0) is 6.92 Å². The van der Waals surface area contributed by atoms with Crippen LogP contribution in [0.4, 0.5) is 0 Å². The number of hydrogen-bond donors (Lipinski definition) is 0. The molecule has 3 nitrogen and oxygen atoms in total. The van der Waals surface area contributed by atoms with Crippen LogP contribution in [0.5, 0.6) is 0 Å². The summed E-state index contributed by atoms with van der Waals surface area (Å²) in [5.74, 6) is 0.856. The van der Waals surface area contributed by atoms with E-state index in [1.807, 2.05) is 13.8 Å². The average Bonchev–Trinajstić information content (AvgIpc) is 2.00. The molecule has 0 aliphatic heterocycles. The van der Waals surface area contributed by atoms with Crippen molar-refractivity contribution in [1.82, 2.24) is 4.90 Å². The molecule has 0 spiro atoms. The van der Waals surface area contributed by atoms with E-state index in [1.165, 1.54) is 0 Å². The van der Waals surface area contributed by atoms with Crippen LogP contribution in [-0.2, 0) is 4.79 Å². The first-order valence-corrected chi connectivity index (χ1v) is 3.33. The molecule has 0 atom stereocenters. The lowest BCUT2D eigenvalue weighted by Gasteiger charge is -2.14. The van der Waals surface area contributed by atoms with Gasteiger partial charge in [0.1, 0.15) is 5.84 Å². The topological polar surface area (TPSA) is 32.7 Å². The Bertz CT molecular complexity index is 152. The average molecular weight is 142 g/mol. The number of carbonyl (C=O) groups excluding carboxylic acids is 1. The van der Waals surface area contributed by atoms with Gasteiger partial charge >= 0.3 is 0 Å². The minimum atomic E-state index is 0.100. The van der Waals surface area contributed by atoms with Crippen LogP contribution in [0.25, 0.3) is 0 Å². The Morgan fingerprint density at radius 1 is 1.60 bits per heavy atom. The van der Waals surface area contributed by atoms with Crippen LogP contribution < -0.4 is 0 Å². The lowest BCUT2D eigenvalue weighted by atomic mass is 10.4. The van der Waals surface area contributed by atoms with Crippen molar-refractivity contribution in [2.24, 2.45) is 4.99 Å². The highest BCUT2D eigenvalue weighted by Crippen LogP contribution is 1.91. The quantitative estimate of drug-likeness (QED) is 0.395. The normalized spacial score (nSPS) is 11.4. The molecule has 1 amide bonds. The van der Waals surface area contributed by atoms with Gasteiger partial charge in [-0.1, -0.05) is 6.92 Å². The molecular formula is C7H14N2O. The van der Waals surface area contributed by atoms with Crippen LogP contribution >= 0.6 is 0 Å². The maximum atomic E-state index is 11.0. The highest BCUT2D eigenvalue weighted by molar-refractivity contribution is 5.96. The number of aliphatic imine (C=N–C) groups is 1. The molecule has 0 saturated heterocycles. The molecule has 0 radical (unpaired) electrons. The zero-order chi connectivity index (χ0) is 8.15. The highest BCUT2D eigenvalue weighted by atomic mass is 16.2. The summed E-state index contributed by atoms with van der Waals surface area (Å²) >= 11 is 0. The molecule has 0 aromatic carbocycles. The summed E-state index contributed by atoms with van der Waals surface area (Å²) in [4.78, 5) is 16.4. The number of amidine groups is 1. The Morgan fingerprint density at radius 2 is 2.10 bits per heavy atom. The molecule has 0 heterocycles. The Hall–Kier alpha value is -0.860. The van der Waals surface area contributed by atoms with E-state index in [4.69, 9.17) is 0 Å². The fourth-order valence-electron chi connectivity index (χ4n) is 0.568. The van der Waals surface area contributed by atoms with Crippen molar-refractivity contribution in [1.29, 1.82) is 0 Å². The molecule has 10 heavy (non-hydrogen) atoms. The van der Waals surface area contributed by atoms with E-state index < -0.39 is 0 Å². The van der Waals surface area contributed by atoms with Crippen molar-refractivity contribution in [3.05, 3.63) is 0 Å². The minimum Gasteiger partial charge on any atom is -0.304 e. The SMILES string of the molecule is CCC(=O)N(C)C(C)=NC. The molecule has 0 N–H and O–H groups in total. The summed E-state index contributed by atoms with van der Waals surface area (Å²) in [5, 5.41) is 0. The van der Waals surface area contributed by atoms with E-state index in [9.17, 15) is 4.79 Å². The predicted molar refractivity (Wildman–Crippen MR) is 42.1 cm³/mol.